The Morgan fingerprint density at radius 1 is 1.35 bits per heavy atom. The molecule has 0 saturated carbocycles. The van der Waals surface area contributed by atoms with Crippen LogP contribution in [0.5, 0.6) is 5.75 Å². The normalized spacial score (nSPS) is 11.2. The van der Waals surface area contributed by atoms with Crippen LogP contribution in [0.2, 0.25) is 0 Å². The maximum Gasteiger partial charge on any atom is 0.163 e. The summed E-state index contributed by atoms with van der Waals surface area (Å²) in [6.45, 7) is 0.435. The molecule has 86 valence electrons. The molecule has 0 saturated heterocycles. The zero-order valence-electron chi connectivity index (χ0n) is 9.42. The molecular formula is C12H12N4O. The van der Waals surface area contributed by atoms with Gasteiger partial charge >= 0.3 is 0 Å². The molecule has 0 radical (unpaired) electrons. The number of aromatic nitrogens is 3. The van der Waals surface area contributed by atoms with Gasteiger partial charge in [0, 0.05) is 12.7 Å². The van der Waals surface area contributed by atoms with Crippen LogP contribution in [0, 0.1) is 0 Å². The van der Waals surface area contributed by atoms with Gasteiger partial charge in [-0.1, -0.05) is 0 Å². The lowest BCUT2D eigenvalue weighted by atomic mass is 10.2. The predicted molar refractivity (Wildman–Crippen MR) is 64.9 cm³/mol. The molecule has 2 N–H and O–H groups in total. The highest BCUT2D eigenvalue weighted by Gasteiger charge is 2.09. The number of rotatable bonds is 2. The second-order valence-electron chi connectivity index (χ2n) is 3.76. The van der Waals surface area contributed by atoms with Gasteiger partial charge in [0.15, 0.2) is 5.65 Å². The van der Waals surface area contributed by atoms with Gasteiger partial charge in [-0.15, -0.1) is 0 Å². The highest BCUT2D eigenvalue weighted by molar-refractivity contribution is 5.93. The molecule has 3 aromatic rings. The van der Waals surface area contributed by atoms with Crippen molar-refractivity contribution < 1.29 is 4.74 Å². The monoisotopic (exact) mass is 228 g/mol. The summed E-state index contributed by atoms with van der Waals surface area (Å²) in [5.74, 6) is 0.798. The van der Waals surface area contributed by atoms with E-state index in [1.807, 2.05) is 24.3 Å². The first-order chi connectivity index (χ1) is 8.33. The number of nitrogens with zero attached hydrogens (tertiary/aromatic N) is 3. The Kier molecular flexibility index (Phi) is 2.19. The number of hydrogen-bond acceptors (Lipinski definition) is 4. The van der Waals surface area contributed by atoms with Gasteiger partial charge in [0.1, 0.15) is 5.75 Å². The summed E-state index contributed by atoms with van der Waals surface area (Å²) in [4.78, 5) is 4.34. The average Bonchev–Trinajstić information content (AvgIpc) is 2.76. The van der Waals surface area contributed by atoms with Crippen molar-refractivity contribution in [3.63, 3.8) is 0 Å². The number of ether oxygens (including phenoxy) is 1. The number of methoxy groups -OCH3 is 1. The first kappa shape index (κ1) is 10.0. The number of nitrogens with two attached hydrogens (primary N) is 1. The molecule has 2 aromatic heterocycles. The van der Waals surface area contributed by atoms with E-state index in [1.54, 1.807) is 17.8 Å². The minimum absolute atomic E-state index is 0.435. The van der Waals surface area contributed by atoms with E-state index in [0.29, 0.717) is 6.54 Å². The molecule has 17 heavy (non-hydrogen) atoms. The Bertz CT molecular complexity index is 689. The predicted octanol–water partition coefficient (Wildman–Crippen LogP) is 1.35. The number of fused-ring (bicyclic) bond motifs is 3. The first-order valence-electron chi connectivity index (χ1n) is 5.34. The van der Waals surface area contributed by atoms with Crippen molar-refractivity contribution >= 4 is 16.6 Å². The van der Waals surface area contributed by atoms with Crippen molar-refractivity contribution in [1.82, 2.24) is 14.6 Å². The van der Waals surface area contributed by atoms with Crippen LogP contribution in [0.25, 0.3) is 16.6 Å². The average molecular weight is 228 g/mol. The number of hydrogen-bond donors (Lipinski definition) is 1. The summed E-state index contributed by atoms with van der Waals surface area (Å²) >= 11 is 0. The minimum Gasteiger partial charge on any atom is -0.497 e. The molecule has 1 aromatic carbocycles. The van der Waals surface area contributed by atoms with Crippen molar-refractivity contribution in [3.8, 4) is 5.75 Å². The third-order valence-electron chi connectivity index (χ3n) is 2.80. The van der Waals surface area contributed by atoms with Crippen LogP contribution >= 0.6 is 0 Å². The summed E-state index contributed by atoms with van der Waals surface area (Å²) in [5.41, 5.74) is 8.31. The van der Waals surface area contributed by atoms with Crippen LogP contribution in [0.1, 0.15) is 5.69 Å². The quantitative estimate of drug-likeness (QED) is 0.719. The van der Waals surface area contributed by atoms with Crippen molar-refractivity contribution in [1.29, 1.82) is 0 Å². The Balaban J connectivity index is 2.42. The number of benzene rings is 1. The molecule has 0 bridgehead atoms. The van der Waals surface area contributed by atoms with Gasteiger partial charge in [0.05, 0.1) is 23.7 Å². The summed E-state index contributed by atoms with van der Waals surface area (Å²) in [6, 6.07) is 7.61. The van der Waals surface area contributed by atoms with E-state index < -0.39 is 0 Å². The van der Waals surface area contributed by atoms with Gasteiger partial charge in [0.25, 0.3) is 0 Å². The molecule has 0 unspecified atom stereocenters. The van der Waals surface area contributed by atoms with E-state index in [-0.39, 0.29) is 0 Å². The second-order valence-corrected chi connectivity index (χ2v) is 3.76. The van der Waals surface area contributed by atoms with Crippen LogP contribution in [0.4, 0.5) is 0 Å². The topological polar surface area (TPSA) is 65.4 Å². The maximum absolute atomic E-state index is 5.68. The zero-order chi connectivity index (χ0) is 11.8. The Morgan fingerprint density at radius 2 is 2.24 bits per heavy atom. The van der Waals surface area contributed by atoms with Gasteiger partial charge < -0.3 is 10.5 Å². The van der Waals surface area contributed by atoms with Crippen LogP contribution in [0.3, 0.4) is 0 Å². The van der Waals surface area contributed by atoms with Gasteiger partial charge in [-0.05, 0) is 24.3 Å². The molecule has 2 heterocycles. The third kappa shape index (κ3) is 1.43. The van der Waals surface area contributed by atoms with Crippen molar-refractivity contribution in [2.24, 2.45) is 5.73 Å². The summed E-state index contributed by atoms with van der Waals surface area (Å²) < 4.78 is 6.99. The fraction of sp³-hybridized carbons (Fsp3) is 0.167. The standard InChI is InChI=1S/C12H12N4O/c1-17-9-2-3-11-10(6-9)12-14-5-4-8(7-13)16(12)15-11/h2-6H,7,13H2,1H3. The van der Waals surface area contributed by atoms with Gasteiger partial charge in [-0.3, -0.25) is 0 Å². The smallest absolute Gasteiger partial charge is 0.163 e. The van der Waals surface area contributed by atoms with Crippen molar-refractivity contribution in [3.05, 3.63) is 36.2 Å². The molecule has 0 aliphatic heterocycles. The van der Waals surface area contributed by atoms with Gasteiger partial charge in [-0.2, -0.15) is 5.10 Å². The van der Waals surface area contributed by atoms with Crippen LogP contribution in [-0.4, -0.2) is 21.7 Å². The molecule has 3 rings (SSSR count). The lowest BCUT2D eigenvalue weighted by molar-refractivity contribution is 0.415. The Labute approximate surface area is 97.8 Å². The van der Waals surface area contributed by atoms with E-state index >= 15 is 0 Å². The van der Waals surface area contributed by atoms with Crippen LogP contribution in [0.15, 0.2) is 30.5 Å². The molecule has 0 fully saturated rings. The second kappa shape index (κ2) is 3.71. The SMILES string of the molecule is COc1ccc2nn3c(CN)ccnc3c2c1. The molecular weight excluding hydrogens is 216 g/mol. The summed E-state index contributed by atoms with van der Waals surface area (Å²) in [6.07, 6.45) is 1.75. The van der Waals surface area contributed by atoms with Crippen molar-refractivity contribution in [2.45, 2.75) is 6.54 Å². The van der Waals surface area contributed by atoms with E-state index in [1.165, 1.54) is 0 Å². The van der Waals surface area contributed by atoms with Crippen LogP contribution in [-0.2, 0) is 6.54 Å². The summed E-state index contributed by atoms with van der Waals surface area (Å²) in [5, 5.41) is 5.45. The van der Waals surface area contributed by atoms with Crippen molar-refractivity contribution in [2.75, 3.05) is 7.11 Å². The highest BCUT2D eigenvalue weighted by Crippen LogP contribution is 2.23. The first-order valence-corrected chi connectivity index (χ1v) is 5.34. The molecule has 5 nitrogen and oxygen atoms in total. The largest absolute Gasteiger partial charge is 0.497 e. The van der Waals surface area contributed by atoms with Crippen LogP contribution < -0.4 is 10.5 Å². The summed E-state index contributed by atoms with van der Waals surface area (Å²) in [7, 11) is 1.64. The molecule has 0 atom stereocenters. The minimum atomic E-state index is 0.435. The maximum atomic E-state index is 5.68. The molecule has 0 aliphatic rings. The highest BCUT2D eigenvalue weighted by atomic mass is 16.5. The lowest BCUT2D eigenvalue weighted by Gasteiger charge is -1.99. The molecule has 0 amide bonds. The fourth-order valence-corrected chi connectivity index (χ4v) is 1.92. The van der Waals surface area contributed by atoms with E-state index in [0.717, 1.165) is 28.0 Å². The molecule has 5 heteroatoms. The molecule has 0 aliphatic carbocycles. The van der Waals surface area contributed by atoms with E-state index in [2.05, 4.69) is 10.1 Å². The zero-order valence-corrected chi connectivity index (χ0v) is 9.42. The van der Waals surface area contributed by atoms with Gasteiger partial charge in [0.2, 0.25) is 0 Å². The molecule has 0 spiro atoms. The third-order valence-corrected chi connectivity index (χ3v) is 2.80. The fourth-order valence-electron chi connectivity index (χ4n) is 1.92. The van der Waals surface area contributed by atoms with E-state index in [4.69, 9.17) is 10.5 Å². The van der Waals surface area contributed by atoms with Gasteiger partial charge in [-0.25, -0.2) is 9.50 Å². The Hall–Kier alpha value is -2.14. The lowest BCUT2D eigenvalue weighted by Crippen LogP contribution is -2.05. The Morgan fingerprint density at radius 3 is 3.00 bits per heavy atom. The van der Waals surface area contributed by atoms with E-state index in [9.17, 15) is 0 Å².